The van der Waals surface area contributed by atoms with Crippen molar-refractivity contribution in [3.63, 3.8) is 0 Å². The van der Waals surface area contributed by atoms with E-state index in [1.165, 1.54) is 18.2 Å². The number of rotatable bonds is 5. The number of hydrogen-bond acceptors (Lipinski definition) is 4. The molecule has 1 N–H and O–H groups in total. The molecule has 1 aromatic rings. The van der Waals surface area contributed by atoms with Crippen molar-refractivity contribution < 1.29 is 14.3 Å². The molecule has 0 heterocycles. The zero-order valence-electron chi connectivity index (χ0n) is 11.6. The lowest BCUT2D eigenvalue weighted by Gasteiger charge is -2.36. The van der Waals surface area contributed by atoms with E-state index in [-0.39, 0.29) is 5.97 Å². The zero-order chi connectivity index (χ0) is 13.7. The molecule has 4 nitrogen and oxygen atoms in total. The standard InChI is InChI=1S/C15H21NO3/c1-18-10-9-16-15(14(17)19-2)8-7-12-5-3-4-6-13(12)11-15/h3-6,16H,7-11H2,1-2H3. The number of carbonyl (C=O) groups is 1. The summed E-state index contributed by atoms with van der Waals surface area (Å²) in [6.45, 7) is 1.23. The van der Waals surface area contributed by atoms with Crippen molar-refractivity contribution in [2.45, 2.75) is 24.8 Å². The molecule has 1 aliphatic carbocycles. The lowest BCUT2D eigenvalue weighted by Crippen LogP contribution is -2.57. The minimum Gasteiger partial charge on any atom is -0.468 e. The Balaban J connectivity index is 2.19. The van der Waals surface area contributed by atoms with Gasteiger partial charge < -0.3 is 9.47 Å². The molecule has 1 aliphatic rings. The molecule has 0 saturated carbocycles. The average Bonchev–Trinajstić information content (AvgIpc) is 2.46. The highest BCUT2D eigenvalue weighted by molar-refractivity contribution is 5.81. The molecule has 0 aromatic heterocycles. The van der Waals surface area contributed by atoms with Crippen LogP contribution in [0.1, 0.15) is 17.5 Å². The highest BCUT2D eigenvalue weighted by Crippen LogP contribution is 2.29. The Morgan fingerprint density at radius 3 is 2.74 bits per heavy atom. The maximum absolute atomic E-state index is 12.2. The zero-order valence-corrected chi connectivity index (χ0v) is 11.6. The molecule has 0 fully saturated rings. The highest BCUT2D eigenvalue weighted by Gasteiger charge is 2.41. The van der Waals surface area contributed by atoms with Crippen molar-refractivity contribution in [1.82, 2.24) is 5.32 Å². The van der Waals surface area contributed by atoms with E-state index in [0.717, 1.165) is 12.8 Å². The number of aryl methyl sites for hydroxylation is 1. The Morgan fingerprint density at radius 1 is 1.32 bits per heavy atom. The van der Waals surface area contributed by atoms with Crippen LogP contribution in [-0.2, 0) is 27.1 Å². The average molecular weight is 263 g/mol. The third-order valence-electron chi connectivity index (χ3n) is 3.78. The van der Waals surface area contributed by atoms with Gasteiger partial charge in [0.05, 0.1) is 13.7 Å². The molecular weight excluding hydrogens is 242 g/mol. The Kier molecular flexibility index (Phi) is 4.56. The molecule has 0 bridgehead atoms. The monoisotopic (exact) mass is 263 g/mol. The van der Waals surface area contributed by atoms with E-state index in [9.17, 15) is 4.79 Å². The second-order valence-electron chi connectivity index (χ2n) is 4.94. The van der Waals surface area contributed by atoms with E-state index in [0.29, 0.717) is 19.6 Å². The molecule has 19 heavy (non-hydrogen) atoms. The summed E-state index contributed by atoms with van der Waals surface area (Å²) in [4.78, 5) is 12.2. The minimum absolute atomic E-state index is 0.182. The van der Waals surface area contributed by atoms with Crippen LogP contribution in [0.3, 0.4) is 0 Å². The molecule has 1 unspecified atom stereocenters. The summed E-state index contributed by atoms with van der Waals surface area (Å²) >= 11 is 0. The number of hydrogen-bond donors (Lipinski definition) is 1. The summed E-state index contributed by atoms with van der Waals surface area (Å²) in [6, 6.07) is 8.28. The predicted octanol–water partition coefficient (Wildman–Crippen LogP) is 1.32. The highest BCUT2D eigenvalue weighted by atomic mass is 16.5. The lowest BCUT2D eigenvalue weighted by molar-refractivity contribution is -0.149. The molecule has 104 valence electrons. The van der Waals surface area contributed by atoms with Crippen LogP contribution in [0.25, 0.3) is 0 Å². The molecular formula is C15H21NO3. The van der Waals surface area contributed by atoms with Gasteiger partial charge in [-0.15, -0.1) is 0 Å². The molecule has 0 amide bonds. The third kappa shape index (κ3) is 2.96. The molecule has 1 atom stereocenters. The van der Waals surface area contributed by atoms with Gasteiger partial charge in [-0.25, -0.2) is 0 Å². The van der Waals surface area contributed by atoms with Gasteiger partial charge in [0.1, 0.15) is 5.54 Å². The first-order valence-corrected chi connectivity index (χ1v) is 6.61. The number of benzene rings is 1. The first kappa shape index (κ1) is 14.0. The van der Waals surface area contributed by atoms with E-state index in [1.807, 2.05) is 12.1 Å². The van der Waals surface area contributed by atoms with Gasteiger partial charge in [-0.3, -0.25) is 10.1 Å². The maximum Gasteiger partial charge on any atom is 0.326 e. The van der Waals surface area contributed by atoms with Crippen molar-refractivity contribution in [3.05, 3.63) is 35.4 Å². The summed E-state index contributed by atoms with van der Waals surface area (Å²) in [5.74, 6) is -0.182. The van der Waals surface area contributed by atoms with Gasteiger partial charge in [0.2, 0.25) is 0 Å². The fraction of sp³-hybridized carbons (Fsp3) is 0.533. The SMILES string of the molecule is COCCNC1(C(=O)OC)CCc2ccccc2C1. The second kappa shape index (κ2) is 6.17. The fourth-order valence-electron chi connectivity index (χ4n) is 2.72. The van der Waals surface area contributed by atoms with Crippen LogP contribution in [0, 0.1) is 0 Å². The Hall–Kier alpha value is -1.39. The van der Waals surface area contributed by atoms with Gasteiger partial charge in [0.15, 0.2) is 0 Å². The van der Waals surface area contributed by atoms with Crippen LogP contribution >= 0.6 is 0 Å². The maximum atomic E-state index is 12.2. The van der Waals surface area contributed by atoms with Crippen molar-refractivity contribution in [2.24, 2.45) is 0 Å². The van der Waals surface area contributed by atoms with Crippen molar-refractivity contribution in [3.8, 4) is 0 Å². The normalized spacial score (nSPS) is 21.8. The van der Waals surface area contributed by atoms with Crippen LogP contribution in [0.15, 0.2) is 24.3 Å². The number of ether oxygens (including phenoxy) is 2. The van der Waals surface area contributed by atoms with E-state index >= 15 is 0 Å². The lowest BCUT2D eigenvalue weighted by atomic mass is 9.78. The van der Waals surface area contributed by atoms with Gasteiger partial charge in [-0.1, -0.05) is 24.3 Å². The summed E-state index contributed by atoms with van der Waals surface area (Å²) in [5, 5.41) is 3.33. The second-order valence-corrected chi connectivity index (χ2v) is 4.94. The van der Waals surface area contributed by atoms with Crippen LogP contribution in [0.2, 0.25) is 0 Å². The van der Waals surface area contributed by atoms with Crippen LogP contribution in [-0.4, -0.2) is 38.9 Å². The van der Waals surface area contributed by atoms with Crippen molar-refractivity contribution >= 4 is 5.97 Å². The fourth-order valence-corrected chi connectivity index (χ4v) is 2.72. The summed E-state index contributed by atoms with van der Waals surface area (Å²) < 4.78 is 10.0. The van der Waals surface area contributed by atoms with Gasteiger partial charge >= 0.3 is 5.97 Å². The van der Waals surface area contributed by atoms with E-state index in [1.54, 1.807) is 7.11 Å². The van der Waals surface area contributed by atoms with Gasteiger partial charge in [0, 0.05) is 20.1 Å². The quantitative estimate of drug-likeness (QED) is 0.643. The smallest absolute Gasteiger partial charge is 0.326 e. The van der Waals surface area contributed by atoms with E-state index in [2.05, 4.69) is 17.4 Å². The largest absolute Gasteiger partial charge is 0.468 e. The van der Waals surface area contributed by atoms with Gasteiger partial charge in [-0.2, -0.15) is 0 Å². The molecule has 2 rings (SSSR count). The number of fused-ring (bicyclic) bond motifs is 1. The van der Waals surface area contributed by atoms with Crippen molar-refractivity contribution in [1.29, 1.82) is 0 Å². The van der Waals surface area contributed by atoms with Crippen LogP contribution in [0.4, 0.5) is 0 Å². The number of esters is 1. The van der Waals surface area contributed by atoms with Crippen molar-refractivity contribution in [2.75, 3.05) is 27.4 Å². The molecule has 0 radical (unpaired) electrons. The molecule has 0 saturated heterocycles. The Morgan fingerprint density at radius 2 is 2.05 bits per heavy atom. The number of nitrogens with one attached hydrogen (secondary N) is 1. The van der Waals surface area contributed by atoms with Gasteiger partial charge in [-0.05, 0) is 24.0 Å². The van der Waals surface area contributed by atoms with E-state index < -0.39 is 5.54 Å². The minimum atomic E-state index is -0.609. The Bertz CT molecular complexity index is 447. The third-order valence-corrected chi connectivity index (χ3v) is 3.78. The van der Waals surface area contributed by atoms with Crippen LogP contribution in [0.5, 0.6) is 0 Å². The molecule has 0 spiro atoms. The first-order chi connectivity index (χ1) is 9.22. The Labute approximate surface area is 114 Å². The number of carbonyl (C=O) groups excluding carboxylic acids is 1. The molecule has 4 heteroatoms. The first-order valence-electron chi connectivity index (χ1n) is 6.61. The predicted molar refractivity (Wildman–Crippen MR) is 73.1 cm³/mol. The van der Waals surface area contributed by atoms with E-state index in [4.69, 9.17) is 9.47 Å². The van der Waals surface area contributed by atoms with Gasteiger partial charge in [0.25, 0.3) is 0 Å². The summed E-state index contributed by atoms with van der Waals surface area (Å²) in [5.41, 5.74) is 1.95. The molecule has 0 aliphatic heterocycles. The molecule has 1 aromatic carbocycles. The summed E-state index contributed by atoms with van der Waals surface area (Å²) in [7, 11) is 3.10. The topological polar surface area (TPSA) is 47.6 Å². The number of methoxy groups -OCH3 is 2. The van der Waals surface area contributed by atoms with Crippen LogP contribution < -0.4 is 5.32 Å². The summed E-state index contributed by atoms with van der Waals surface area (Å²) in [6.07, 6.45) is 2.34.